The Labute approximate surface area is 121 Å². The molecular formula is C17H22ClN. The van der Waals surface area contributed by atoms with Crippen LogP contribution in [0.1, 0.15) is 31.2 Å². The topological polar surface area (TPSA) is 3.24 Å². The van der Waals surface area contributed by atoms with E-state index in [1.54, 1.807) is 0 Å². The molecule has 1 aliphatic carbocycles. The lowest BCUT2D eigenvalue weighted by molar-refractivity contribution is 0.122. The van der Waals surface area contributed by atoms with Gasteiger partial charge in [0.15, 0.2) is 0 Å². The summed E-state index contributed by atoms with van der Waals surface area (Å²) in [6.45, 7) is 6.66. The highest BCUT2D eigenvalue weighted by Gasteiger charge is 2.31. The SMILES string of the molecule is C=C1CCC1N1CCC(Cc2ccc(Cl)cc2)CC1. The summed E-state index contributed by atoms with van der Waals surface area (Å²) in [5, 5.41) is 0.835. The molecule has 1 aliphatic heterocycles. The van der Waals surface area contributed by atoms with Crippen LogP contribution in [-0.4, -0.2) is 24.0 Å². The molecule has 3 rings (SSSR count). The first-order chi connectivity index (χ1) is 9.22. The maximum absolute atomic E-state index is 5.93. The highest BCUT2D eigenvalue weighted by molar-refractivity contribution is 6.30. The molecule has 2 heteroatoms. The van der Waals surface area contributed by atoms with E-state index in [4.69, 9.17) is 11.6 Å². The molecule has 1 atom stereocenters. The average Bonchev–Trinajstić information content (AvgIpc) is 2.42. The van der Waals surface area contributed by atoms with Gasteiger partial charge in [0.05, 0.1) is 0 Å². The van der Waals surface area contributed by atoms with Gasteiger partial charge in [0.1, 0.15) is 0 Å². The molecule has 1 heterocycles. The summed E-state index contributed by atoms with van der Waals surface area (Å²) in [7, 11) is 0. The molecule has 1 aromatic rings. The van der Waals surface area contributed by atoms with Crippen molar-refractivity contribution in [3.63, 3.8) is 0 Å². The number of rotatable bonds is 3. The van der Waals surface area contributed by atoms with E-state index in [1.807, 2.05) is 12.1 Å². The Morgan fingerprint density at radius 2 is 1.79 bits per heavy atom. The lowest BCUT2D eigenvalue weighted by Gasteiger charge is -2.43. The second kappa shape index (κ2) is 5.68. The summed E-state index contributed by atoms with van der Waals surface area (Å²) in [6.07, 6.45) is 6.44. The molecule has 0 aromatic heterocycles. The van der Waals surface area contributed by atoms with Crippen molar-refractivity contribution >= 4 is 11.6 Å². The second-order valence-corrected chi connectivity index (χ2v) is 6.46. The van der Waals surface area contributed by atoms with Crippen LogP contribution in [0.2, 0.25) is 5.02 Å². The number of hydrogen-bond acceptors (Lipinski definition) is 1. The van der Waals surface area contributed by atoms with Crippen molar-refractivity contribution in [1.29, 1.82) is 0 Å². The first kappa shape index (κ1) is 13.2. The Morgan fingerprint density at radius 3 is 2.32 bits per heavy atom. The van der Waals surface area contributed by atoms with Gasteiger partial charge in [-0.05, 0) is 68.8 Å². The average molecular weight is 276 g/mol. The van der Waals surface area contributed by atoms with Crippen molar-refractivity contribution in [1.82, 2.24) is 4.90 Å². The summed E-state index contributed by atoms with van der Waals surface area (Å²) in [6, 6.07) is 9.05. The van der Waals surface area contributed by atoms with Gasteiger partial charge in [0, 0.05) is 11.1 Å². The van der Waals surface area contributed by atoms with Gasteiger partial charge in [0.2, 0.25) is 0 Å². The molecular weight excluding hydrogens is 254 g/mol. The summed E-state index contributed by atoms with van der Waals surface area (Å²) in [4.78, 5) is 2.64. The molecule has 1 saturated carbocycles. The van der Waals surface area contributed by atoms with E-state index in [9.17, 15) is 0 Å². The molecule has 1 aromatic carbocycles. The maximum Gasteiger partial charge on any atom is 0.0406 e. The molecule has 2 fully saturated rings. The minimum Gasteiger partial charge on any atom is -0.297 e. The number of likely N-dealkylation sites (tertiary alicyclic amines) is 1. The van der Waals surface area contributed by atoms with Gasteiger partial charge in [-0.3, -0.25) is 4.90 Å². The molecule has 102 valence electrons. The highest BCUT2D eigenvalue weighted by atomic mass is 35.5. The zero-order valence-electron chi connectivity index (χ0n) is 11.4. The van der Waals surface area contributed by atoms with Crippen LogP contribution in [0.4, 0.5) is 0 Å². The van der Waals surface area contributed by atoms with Crippen LogP contribution in [0.25, 0.3) is 0 Å². The quantitative estimate of drug-likeness (QED) is 0.743. The van der Waals surface area contributed by atoms with Crippen LogP contribution in [0, 0.1) is 5.92 Å². The number of benzene rings is 1. The molecule has 0 bridgehead atoms. The minimum atomic E-state index is 0.705. The number of nitrogens with zero attached hydrogens (tertiary/aromatic N) is 1. The smallest absolute Gasteiger partial charge is 0.0406 e. The van der Waals surface area contributed by atoms with Gasteiger partial charge in [-0.15, -0.1) is 0 Å². The Balaban J connectivity index is 1.50. The summed E-state index contributed by atoms with van der Waals surface area (Å²) < 4.78 is 0. The first-order valence-corrected chi connectivity index (χ1v) is 7.76. The second-order valence-electron chi connectivity index (χ2n) is 6.02. The van der Waals surface area contributed by atoms with Gasteiger partial charge >= 0.3 is 0 Å². The summed E-state index contributed by atoms with van der Waals surface area (Å²) in [5.41, 5.74) is 2.88. The van der Waals surface area contributed by atoms with Gasteiger partial charge in [-0.2, -0.15) is 0 Å². The highest BCUT2D eigenvalue weighted by Crippen LogP contribution is 2.33. The largest absolute Gasteiger partial charge is 0.297 e. The van der Waals surface area contributed by atoms with Gasteiger partial charge in [-0.1, -0.05) is 35.9 Å². The van der Waals surface area contributed by atoms with Crippen LogP contribution < -0.4 is 0 Å². The predicted octanol–water partition coefficient (Wildman–Crippen LogP) is 4.31. The van der Waals surface area contributed by atoms with E-state index < -0.39 is 0 Å². The molecule has 0 amide bonds. The standard InChI is InChI=1S/C17H22ClN/c1-13-2-7-17(13)19-10-8-15(9-11-19)12-14-3-5-16(18)6-4-14/h3-6,15,17H,1-2,7-12H2. The third-order valence-corrected chi connectivity index (χ3v) is 4.99. The van der Waals surface area contributed by atoms with Crippen molar-refractivity contribution in [2.75, 3.05) is 13.1 Å². The normalized spacial score (nSPS) is 25.3. The molecule has 0 radical (unpaired) electrons. The number of hydrogen-bond donors (Lipinski definition) is 0. The molecule has 0 N–H and O–H groups in total. The minimum absolute atomic E-state index is 0.705. The molecule has 1 nitrogen and oxygen atoms in total. The Hall–Kier alpha value is -0.790. The third-order valence-electron chi connectivity index (χ3n) is 4.74. The van der Waals surface area contributed by atoms with Crippen molar-refractivity contribution in [3.05, 3.63) is 47.0 Å². The fraction of sp³-hybridized carbons (Fsp3) is 0.529. The van der Waals surface area contributed by atoms with E-state index in [1.165, 1.54) is 56.3 Å². The lowest BCUT2D eigenvalue weighted by atomic mass is 9.83. The first-order valence-electron chi connectivity index (χ1n) is 7.38. The summed E-state index contributed by atoms with van der Waals surface area (Å²) >= 11 is 5.93. The predicted molar refractivity (Wildman–Crippen MR) is 81.6 cm³/mol. The van der Waals surface area contributed by atoms with Crippen molar-refractivity contribution < 1.29 is 0 Å². The molecule has 19 heavy (non-hydrogen) atoms. The van der Waals surface area contributed by atoms with Gasteiger partial charge in [-0.25, -0.2) is 0 Å². The lowest BCUT2D eigenvalue weighted by Crippen LogP contribution is -2.46. The fourth-order valence-corrected chi connectivity index (χ4v) is 3.47. The Morgan fingerprint density at radius 1 is 1.11 bits per heavy atom. The Bertz CT molecular complexity index is 443. The molecule has 2 aliphatic rings. The van der Waals surface area contributed by atoms with Crippen LogP contribution in [0.3, 0.4) is 0 Å². The maximum atomic E-state index is 5.93. The van der Waals surface area contributed by atoms with E-state index in [0.717, 1.165) is 10.9 Å². The van der Waals surface area contributed by atoms with E-state index in [2.05, 4.69) is 23.6 Å². The van der Waals surface area contributed by atoms with E-state index >= 15 is 0 Å². The van der Waals surface area contributed by atoms with Crippen LogP contribution in [-0.2, 0) is 6.42 Å². The zero-order valence-corrected chi connectivity index (χ0v) is 12.2. The van der Waals surface area contributed by atoms with Crippen molar-refractivity contribution in [2.24, 2.45) is 5.92 Å². The summed E-state index contributed by atoms with van der Waals surface area (Å²) in [5.74, 6) is 0.839. The third kappa shape index (κ3) is 3.04. The number of halogens is 1. The Kier molecular flexibility index (Phi) is 3.95. The molecule has 1 saturated heterocycles. The van der Waals surface area contributed by atoms with Crippen molar-refractivity contribution in [2.45, 2.75) is 38.1 Å². The molecule has 0 spiro atoms. The van der Waals surface area contributed by atoms with Gasteiger partial charge < -0.3 is 0 Å². The van der Waals surface area contributed by atoms with Crippen LogP contribution in [0.5, 0.6) is 0 Å². The molecule has 1 unspecified atom stereocenters. The fourth-order valence-electron chi connectivity index (χ4n) is 3.34. The van der Waals surface area contributed by atoms with Gasteiger partial charge in [0.25, 0.3) is 0 Å². The monoisotopic (exact) mass is 275 g/mol. The number of piperidine rings is 1. The van der Waals surface area contributed by atoms with Crippen molar-refractivity contribution in [3.8, 4) is 0 Å². The van der Waals surface area contributed by atoms with Crippen LogP contribution in [0.15, 0.2) is 36.4 Å². The van der Waals surface area contributed by atoms with E-state index in [0.29, 0.717) is 6.04 Å². The van der Waals surface area contributed by atoms with Crippen LogP contribution >= 0.6 is 11.6 Å². The van der Waals surface area contributed by atoms with E-state index in [-0.39, 0.29) is 0 Å². The zero-order chi connectivity index (χ0) is 13.2.